The lowest BCUT2D eigenvalue weighted by Crippen LogP contribution is -2.40. The number of hydrogen-bond donors (Lipinski definition) is 0. The van der Waals surface area contributed by atoms with Crippen molar-refractivity contribution in [1.82, 2.24) is 4.90 Å². The van der Waals surface area contributed by atoms with Crippen LogP contribution in [-0.4, -0.2) is 24.1 Å². The van der Waals surface area contributed by atoms with Gasteiger partial charge >= 0.3 is 0 Å². The smallest absolute Gasteiger partial charge is 0.118 e. The SMILES string of the molecule is COc1ccc(C(=C2CC3CCC(C2)N3Cc2ccccc2C)c2ccsc2)cc1. The Morgan fingerprint density at radius 3 is 2.33 bits per heavy atom. The molecule has 0 spiro atoms. The lowest BCUT2D eigenvalue weighted by atomic mass is 9.86. The lowest BCUT2D eigenvalue weighted by molar-refractivity contribution is 0.157. The van der Waals surface area contributed by atoms with Gasteiger partial charge in [0.25, 0.3) is 0 Å². The summed E-state index contributed by atoms with van der Waals surface area (Å²) in [7, 11) is 1.73. The summed E-state index contributed by atoms with van der Waals surface area (Å²) in [4.78, 5) is 2.78. The van der Waals surface area contributed by atoms with Crippen LogP contribution in [0, 0.1) is 6.92 Å². The van der Waals surface area contributed by atoms with Gasteiger partial charge in [-0.1, -0.05) is 42.0 Å². The van der Waals surface area contributed by atoms with Gasteiger partial charge in [0, 0.05) is 18.6 Å². The maximum Gasteiger partial charge on any atom is 0.118 e. The number of hydrogen-bond acceptors (Lipinski definition) is 3. The molecule has 3 heteroatoms. The van der Waals surface area contributed by atoms with E-state index in [4.69, 9.17) is 4.74 Å². The van der Waals surface area contributed by atoms with Crippen molar-refractivity contribution in [3.63, 3.8) is 0 Å². The maximum absolute atomic E-state index is 5.39. The van der Waals surface area contributed by atoms with E-state index in [-0.39, 0.29) is 0 Å². The molecule has 2 bridgehead atoms. The minimum atomic E-state index is 0.658. The summed E-state index contributed by atoms with van der Waals surface area (Å²) in [6.45, 7) is 3.33. The van der Waals surface area contributed by atoms with Gasteiger partial charge < -0.3 is 4.74 Å². The third-order valence-electron chi connectivity index (χ3n) is 6.89. The summed E-state index contributed by atoms with van der Waals surface area (Å²) >= 11 is 1.79. The van der Waals surface area contributed by atoms with Crippen molar-refractivity contribution in [2.45, 2.75) is 51.2 Å². The fourth-order valence-electron chi connectivity index (χ4n) is 5.29. The molecule has 0 aliphatic carbocycles. The third kappa shape index (κ3) is 3.73. The van der Waals surface area contributed by atoms with Crippen LogP contribution in [0.4, 0.5) is 0 Å². The predicted molar refractivity (Wildman–Crippen MR) is 126 cm³/mol. The van der Waals surface area contributed by atoms with Crippen LogP contribution < -0.4 is 4.74 Å². The van der Waals surface area contributed by atoms with Crippen LogP contribution in [0.2, 0.25) is 0 Å². The van der Waals surface area contributed by atoms with Crippen molar-refractivity contribution < 1.29 is 4.74 Å². The molecule has 3 aromatic rings. The minimum absolute atomic E-state index is 0.658. The van der Waals surface area contributed by atoms with E-state index in [1.807, 2.05) is 0 Å². The number of methoxy groups -OCH3 is 1. The normalized spacial score (nSPS) is 21.1. The Bertz CT molecular complexity index is 1020. The fraction of sp³-hybridized carbons (Fsp3) is 0.333. The monoisotopic (exact) mass is 415 g/mol. The Kier molecular flexibility index (Phi) is 5.49. The summed E-state index contributed by atoms with van der Waals surface area (Å²) in [6, 6.07) is 21.1. The number of benzene rings is 2. The van der Waals surface area contributed by atoms with Crippen LogP contribution in [0.5, 0.6) is 5.75 Å². The highest BCUT2D eigenvalue weighted by Gasteiger charge is 2.39. The molecule has 2 fully saturated rings. The van der Waals surface area contributed by atoms with E-state index in [0.717, 1.165) is 12.3 Å². The molecule has 0 radical (unpaired) electrons. The van der Waals surface area contributed by atoms with Crippen LogP contribution in [0.1, 0.15) is 47.9 Å². The van der Waals surface area contributed by atoms with Crippen molar-refractivity contribution in [2.75, 3.05) is 7.11 Å². The van der Waals surface area contributed by atoms with Crippen LogP contribution >= 0.6 is 11.3 Å². The van der Waals surface area contributed by atoms with Gasteiger partial charge in [0.1, 0.15) is 5.75 Å². The molecular formula is C27H29NOS. The van der Waals surface area contributed by atoms with Gasteiger partial charge in [0.05, 0.1) is 7.11 Å². The molecule has 2 saturated heterocycles. The molecule has 2 nitrogen and oxygen atoms in total. The van der Waals surface area contributed by atoms with Gasteiger partial charge in [-0.25, -0.2) is 0 Å². The lowest BCUT2D eigenvalue weighted by Gasteiger charge is -2.37. The highest BCUT2D eigenvalue weighted by atomic mass is 32.1. The molecule has 2 aliphatic rings. The zero-order chi connectivity index (χ0) is 20.5. The molecule has 154 valence electrons. The van der Waals surface area contributed by atoms with Crippen molar-refractivity contribution >= 4 is 16.9 Å². The summed E-state index contributed by atoms with van der Waals surface area (Å²) < 4.78 is 5.39. The van der Waals surface area contributed by atoms with Gasteiger partial charge in [0.15, 0.2) is 0 Å². The van der Waals surface area contributed by atoms with E-state index in [9.17, 15) is 0 Å². The Morgan fingerprint density at radius 2 is 1.70 bits per heavy atom. The standard InChI is InChI=1S/C27H29NOS/c1-19-5-3-4-6-21(19)17-28-24-9-10-25(28)16-23(15-24)27(22-13-14-30-18-22)20-7-11-26(29-2)12-8-20/h3-8,11-14,18,24-25H,9-10,15-17H2,1-2H3. The third-order valence-corrected chi connectivity index (χ3v) is 7.57. The first kappa shape index (κ1) is 19.6. The Hall–Kier alpha value is -2.36. The molecule has 30 heavy (non-hydrogen) atoms. The molecule has 5 rings (SSSR count). The quantitative estimate of drug-likeness (QED) is 0.460. The fourth-order valence-corrected chi connectivity index (χ4v) is 5.94. The summed E-state index contributed by atoms with van der Waals surface area (Å²) in [5.41, 5.74) is 8.66. The number of fused-ring (bicyclic) bond motifs is 2. The number of aryl methyl sites for hydroxylation is 1. The molecular weight excluding hydrogens is 386 g/mol. The van der Waals surface area contributed by atoms with Crippen LogP contribution in [0.3, 0.4) is 0 Å². The molecule has 2 atom stereocenters. The number of rotatable bonds is 5. The summed E-state index contributed by atoms with van der Waals surface area (Å²) in [6.07, 6.45) is 5.00. The first-order valence-electron chi connectivity index (χ1n) is 10.9. The minimum Gasteiger partial charge on any atom is -0.497 e. The van der Waals surface area contributed by atoms with Gasteiger partial charge in [-0.3, -0.25) is 4.90 Å². The highest BCUT2D eigenvalue weighted by Crippen LogP contribution is 2.44. The Labute approximate surface area is 183 Å². The molecule has 2 aliphatic heterocycles. The second kappa shape index (κ2) is 8.41. The van der Waals surface area contributed by atoms with Crippen molar-refractivity contribution in [3.8, 4) is 5.75 Å². The van der Waals surface area contributed by atoms with E-state index in [0.29, 0.717) is 12.1 Å². The van der Waals surface area contributed by atoms with Crippen LogP contribution in [0.15, 0.2) is 70.9 Å². The average molecular weight is 416 g/mol. The summed E-state index contributed by atoms with van der Waals surface area (Å²) in [5.74, 6) is 0.918. The van der Waals surface area contributed by atoms with Gasteiger partial charge in [-0.05, 0) is 89.4 Å². The Balaban J connectivity index is 1.47. The number of piperidine rings is 1. The highest BCUT2D eigenvalue weighted by molar-refractivity contribution is 7.08. The van der Waals surface area contributed by atoms with E-state index >= 15 is 0 Å². The van der Waals surface area contributed by atoms with E-state index < -0.39 is 0 Å². The zero-order valence-electron chi connectivity index (χ0n) is 17.8. The van der Waals surface area contributed by atoms with E-state index in [1.165, 1.54) is 53.5 Å². The van der Waals surface area contributed by atoms with Crippen molar-refractivity contribution in [2.24, 2.45) is 0 Å². The van der Waals surface area contributed by atoms with Crippen LogP contribution in [0.25, 0.3) is 5.57 Å². The molecule has 0 saturated carbocycles. The van der Waals surface area contributed by atoms with Crippen molar-refractivity contribution in [1.29, 1.82) is 0 Å². The molecule has 0 N–H and O–H groups in total. The first-order chi connectivity index (χ1) is 14.7. The molecule has 3 heterocycles. The Morgan fingerprint density at radius 1 is 0.967 bits per heavy atom. The van der Waals surface area contributed by atoms with Gasteiger partial charge in [-0.15, -0.1) is 0 Å². The van der Waals surface area contributed by atoms with E-state index in [2.05, 4.69) is 77.2 Å². The van der Waals surface area contributed by atoms with Crippen LogP contribution in [-0.2, 0) is 6.54 Å². The summed E-state index contributed by atoms with van der Waals surface area (Å²) in [5, 5.41) is 4.50. The zero-order valence-corrected chi connectivity index (χ0v) is 18.6. The second-order valence-electron chi connectivity index (χ2n) is 8.61. The molecule has 0 amide bonds. The number of thiophene rings is 1. The number of nitrogens with zero attached hydrogens (tertiary/aromatic N) is 1. The molecule has 1 aromatic heterocycles. The maximum atomic E-state index is 5.39. The topological polar surface area (TPSA) is 12.5 Å². The van der Waals surface area contributed by atoms with Gasteiger partial charge in [0.2, 0.25) is 0 Å². The van der Waals surface area contributed by atoms with E-state index in [1.54, 1.807) is 24.0 Å². The molecule has 2 aromatic carbocycles. The predicted octanol–water partition coefficient (Wildman–Crippen LogP) is 6.69. The second-order valence-corrected chi connectivity index (χ2v) is 9.39. The number of ether oxygens (including phenoxy) is 1. The van der Waals surface area contributed by atoms with Gasteiger partial charge in [-0.2, -0.15) is 11.3 Å². The first-order valence-corrected chi connectivity index (χ1v) is 11.9. The average Bonchev–Trinajstić information content (AvgIpc) is 3.36. The largest absolute Gasteiger partial charge is 0.497 e. The molecule has 2 unspecified atom stereocenters. The van der Waals surface area contributed by atoms with Crippen molar-refractivity contribution in [3.05, 3.63) is 93.2 Å².